The molecule has 0 bridgehead atoms. The number of nitrogens with zero attached hydrogens (tertiary/aromatic N) is 4. The molecule has 118 valence electrons. The van der Waals surface area contributed by atoms with E-state index in [0.717, 1.165) is 0 Å². The summed E-state index contributed by atoms with van der Waals surface area (Å²) in [7, 11) is 0. The Hall–Kier alpha value is -3.64. The van der Waals surface area contributed by atoms with Crippen molar-refractivity contribution in [3.63, 3.8) is 0 Å². The molecule has 2 aromatic rings. The highest BCUT2D eigenvalue weighted by Crippen LogP contribution is 2.59. The number of nitriles is 4. The molecule has 1 N–H and O–H groups in total. The summed E-state index contributed by atoms with van der Waals surface area (Å²) in [6.07, 6.45) is 0. The van der Waals surface area contributed by atoms with Crippen LogP contribution in [0.3, 0.4) is 0 Å². The Bertz CT molecular complexity index is 831. The molecule has 2 atom stereocenters. The highest BCUT2D eigenvalue weighted by atomic mass is 15.1. The molecule has 0 amide bonds. The van der Waals surface area contributed by atoms with Crippen molar-refractivity contribution in [2.45, 2.75) is 12.1 Å². The lowest BCUT2D eigenvalue weighted by Crippen LogP contribution is -2.39. The second kappa shape index (κ2) is 6.10. The molecule has 0 aromatic heterocycles. The molecular formula is C20H13N5. The van der Waals surface area contributed by atoms with Gasteiger partial charge in [-0.15, -0.1) is 0 Å². The molecule has 5 nitrogen and oxygen atoms in total. The van der Waals surface area contributed by atoms with E-state index < -0.39 is 22.9 Å². The highest BCUT2D eigenvalue weighted by molar-refractivity contribution is 5.49. The molecule has 0 aliphatic carbocycles. The van der Waals surface area contributed by atoms with Gasteiger partial charge >= 0.3 is 0 Å². The average Bonchev–Trinajstić information content (AvgIpc) is 3.00. The summed E-state index contributed by atoms with van der Waals surface area (Å²) < 4.78 is 0. The lowest BCUT2D eigenvalue weighted by Gasteiger charge is -2.29. The minimum Gasteiger partial charge on any atom is -0.298 e. The molecule has 3 rings (SSSR count). The van der Waals surface area contributed by atoms with E-state index in [0.29, 0.717) is 11.1 Å². The van der Waals surface area contributed by atoms with Crippen molar-refractivity contribution in [2.75, 3.05) is 0 Å². The lowest BCUT2D eigenvalue weighted by atomic mass is 9.61. The fourth-order valence-corrected chi connectivity index (χ4v) is 3.52. The van der Waals surface area contributed by atoms with Crippen molar-refractivity contribution in [2.24, 2.45) is 10.8 Å². The number of hydrogen-bond donors (Lipinski definition) is 1. The number of hydrogen-bond acceptors (Lipinski definition) is 5. The van der Waals surface area contributed by atoms with Gasteiger partial charge in [0.05, 0.1) is 36.4 Å². The van der Waals surface area contributed by atoms with E-state index in [1.54, 1.807) is 48.5 Å². The monoisotopic (exact) mass is 323 g/mol. The van der Waals surface area contributed by atoms with Crippen LogP contribution in [-0.4, -0.2) is 0 Å². The standard InChI is InChI=1S/C20H13N5/c21-11-19(12-22)17(15-7-3-1-4-8-15)25-18(20(19,13-23)14-24)16-9-5-2-6-10-16/h1-10,17-18,25H. The number of rotatable bonds is 2. The van der Waals surface area contributed by atoms with Gasteiger partial charge in [0.1, 0.15) is 0 Å². The Morgan fingerprint density at radius 2 is 0.920 bits per heavy atom. The van der Waals surface area contributed by atoms with Gasteiger partial charge in [0.2, 0.25) is 0 Å². The predicted molar refractivity (Wildman–Crippen MR) is 88.8 cm³/mol. The Morgan fingerprint density at radius 3 is 1.20 bits per heavy atom. The first-order valence-electron chi connectivity index (χ1n) is 7.70. The molecule has 1 heterocycles. The van der Waals surface area contributed by atoms with Gasteiger partial charge in [-0.1, -0.05) is 60.7 Å². The zero-order valence-corrected chi connectivity index (χ0v) is 13.2. The van der Waals surface area contributed by atoms with E-state index >= 15 is 0 Å². The molecule has 1 fully saturated rings. The molecule has 1 aliphatic heterocycles. The molecule has 2 aromatic carbocycles. The van der Waals surface area contributed by atoms with Crippen molar-refractivity contribution in [3.8, 4) is 24.3 Å². The maximum atomic E-state index is 9.90. The van der Waals surface area contributed by atoms with Gasteiger partial charge in [-0.25, -0.2) is 0 Å². The molecule has 0 spiro atoms. The zero-order valence-electron chi connectivity index (χ0n) is 13.2. The SMILES string of the molecule is N#CC1(C#N)C(c2ccccc2)NC(c2ccccc2)C1(C#N)C#N. The lowest BCUT2D eigenvalue weighted by molar-refractivity contribution is 0.311. The topological polar surface area (TPSA) is 107 Å². The van der Waals surface area contributed by atoms with Crippen LogP contribution in [0, 0.1) is 56.2 Å². The van der Waals surface area contributed by atoms with E-state index in [1.807, 2.05) is 36.4 Å². The van der Waals surface area contributed by atoms with Crippen LogP contribution in [0.4, 0.5) is 0 Å². The number of nitrogens with one attached hydrogen (secondary N) is 1. The molecule has 1 saturated heterocycles. The van der Waals surface area contributed by atoms with Crippen LogP contribution in [0.25, 0.3) is 0 Å². The van der Waals surface area contributed by atoms with Gasteiger partial charge in [0, 0.05) is 0 Å². The summed E-state index contributed by atoms with van der Waals surface area (Å²) in [4.78, 5) is 0. The van der Waals surface area contributed by atoms with Crippen molar-refractivity contribution < 1.29 is 0 Å². The van der Waals surface area contributed by atoms with Crippen LogP contribution in [0.1, 0.15) is 23.2 Å². The first kappa shape index (κ1) is 16.2. The van der Waals surface area contributed by atoms with Gasteiger partial charge in [0.15, 0.2) is 10.8 Å². The molecular weight excluding hydrogens is 310 g/mol. The maximum Gasteiger partial charge on any atom is 0.196 e. The first-order chi connectivity index (χ1) is 12.2. The zero-order chi connectivity index (χ0) is 17.9. The summed E-state index contributed by atoms with van der Waals surface area (Å²) in [6.45, 7) is 0. The van der Waals surface area contributed by atoms with Crippen LogP contribution in [0.15, 0.2) is 60.7 Å². The van der Waals surface area contributed by atoms with E-state index in [9.17, 15) is 21.0 Å². The minimum absolute atomic E-state index is 0.693. The maximum absolute atomic E-state index is 9.90. The van der Waals surface area contributed by atoms with Crippen molar-refractivity contribution in [1.82, 2.24) is 5.32 Å². The third-order valence-electron chi connectivity index (χ3n) is 4.79. The first-order valence-corrected chi connectivity index (χ1v) is 7.70. The largest absolute Gasteiger partial charge is 0.298 e. The smallest absolute Gasteiger partial charge is 0.196 e. The molecule has 5 heteroatoms. The second-order valence-electron chi connectivity index (χ2n) is 5.92. The van der Waals surface area contributed by atoms with E-state index in [2.05, 4.69) is 5.32 Å². The average molecular weight is 323 g/mol. The van der Waals surface area contributed by atoms with Crippen molar-refractivity contribution >= 4 is 0 Å². The minimum atomic E-state index is -1.83. The quantitative estimate of drug-likeness (QED) is 0.913. The van der Waals surface area contributed by atoms with Crippen molar-refractivity contribution in [1.29, 1.82) is 21.0 Å². The predicted octanol–water partition coefficient (Wildman–Crippen LogP) is 3.14. The summed E-state index contributed by atoms with van der Waals surface area (Å²) in [5.41, 5.74) is -2.28. The Labute approximate surface area is 146 Å². The third-order valence-corrected chi connectivity index (χ3v) is 4.79. The molecule has 25 heavy (non-hydrogen) atoms. The number of benzene rings is 2. The van der Waals surface area contributed by atoms with Crippen LogP contribution < -0.4 is 5.32 Å². The Kier molecular flexibility index (Phi) is 3.96. The Balaban J connectivity index is 2.28. The van der Waals surface area contributed by atoms with Gasteiger partial charge in [-0.3, -0.25) is 5.32 Å². The van der Waals surface area contributed by atoms with Crippen molar-refractivity contribution in [3.05, 3.63) is 71.8 Å². The summed E-state index contributed by atoms with van der Waals surface area (Å²) in [6, 6.07) is 24.5. The summed E-state index contributed by atoms with van der Waals surface area (Å²) in [5, 5.41) is 42.8. The van der Waals surface area contributed by atoms with Crippen LogP contribution >= 0.6 is 0 Å². The summed E-state index contributed by atoms with van der Waals surface area (Å²) in [5.74, 6) is 0. The molecule has 0 radical (unpaired) electrons. The van der Waals surface area contributed by atoms with E-state index in [-0.39, 0.29) is 0 Å². The third kappa shape index (κ3) is 2.09. The van der Waals surface area contributed by atoms with Crippen LogP contribution in [0.2, 0.25) is 0 Å². The van der Waals surface area contributed by atoms with Gasteiger partial charge in [-0.05, 0) is 11.1 Å². The van der Waals surface area contributed by atoms with Crippen LogP contribution in [-0.2, 0) is 0 Å². The molecule has 2 unspecified atom stereocenters. The molecule has 0 saturated carbocycles. The van der Waals surface area contributed by atoms with E-state index in [4.69, 9.17) is 0 Å². The van der Waals surface area contributed by atoms with E-state index in [1.165, 1.54) is 0 Å². The highest BCUT2D eigenvalue weighted by Gasteiger charge is 2.69. The second-order valence-corrected chi connectivity index (χ2v) is 5.92. The normalized spacial score (nSPS) is 22.7. The van der Waals surface area contributed by atoms with Gasteiger partial charge in [0.25, 0.3) is 0 Å². The Morgan fingerprint density at radius 1 is 0.600 bits per heavy atom. The fraction of sp³-hybridized carbons (Fsp3) is 0.200. The van der Waals surface area contributed by atoms with Crippen LogP contribution in [0.5, 0.6) is 0 Å². The van der Waals surface area contributed by atoms with Gasteiger partial charge in [-0.2, -0.15) is 21.0 Å². The van der Waals surface area contributed by atoms with Gasteiger partial charge < -0.3 is 0 Å². The summed E-state index contributed by atoms with van der Waals surface area (Å²) >= 11 is 0. The molecule has 1 aliphatic rings. The fourth-order valence-electron chi connectivity index (χ4n) is 3.52.